The number of para-hydroxylation sites is 1. The summed E-state index contributed by atoms with van der Waals surface area (Å²) in [7, 11) is 0. The fraction of sp³-hybridized carbons (Fsp3) is 0.136. The van der Waals surface area contributed by atoms with Gasteiger partial charge < -0.3 is 9.30 Å². The summed E-state index contributed by atoms with van der Waals surface area (Å²) in [4.78, 5) is 11.9. The number of aromatic nitrogens is 1. The number of nitrogens with zero attached hydrogens (tertiary/aromatic N) is 1. The molecule has 4 aromatic rings. The van der Waals surface area contributed by atoms with Crippen molar-refractivity contribution in [1.29, 1.82) is 0 Å². The van der Waals surface area contributed by atoms with Gasteiger partial charge in [-0.25, -0.2) is 0 Å². The van der Waals surface area contributed by atoms with Crippen LogP contribution in [0.25, 0.3) is 21.7 Å². The van der Waals surface area contributed by atoms with E-state index in [0.29, 0.717) is 13.2 Å². The number of carbonyl (C=O) groups is 1. The lowest BCUT2D eigenvalue weighted by atomic mass is 10.1. The van der Waals surface area contributed by atoms with E-state index >= 15 is 0 Å². The fourth-order valence-corrected chi connectivity index (χ4v) is 3.29. The highest BCUT2D eigenvalue weighted by molar-refractivity contribution is 6.06. The molecule has 0 aliphatic carbocycles. The van der Waals surface area contributed by atoms with Gasteiger partial charge in [-0.3, -0.25) is 4.79 Å². The van der Waals surface area contributed by atoms with E-state index in [-0.39, 0.29) is 5.78 Å². The van der Waals surface area contributed by atoms with E-state index in [1.165, 1.54) is 5.39 Å². The van der Waals surface area contributed by atoms with Crippen molar-refractivity contribution in [2.24, 2.45) is 0 Å². The number of benzene rings is 3. The van der Waals surface area contributed by atoms with Crippen molar-refractivity contribution in [3.05, 3.63) is 78.5 Å². The van der Waals surface area contributed by atoms with E-state index in [4.69, 9.17) is 4.74 Å². The van der Waals surface area contributed by atoms with Crippen LogP contribution < -0.4 is 4.74 Å². The number of Topliss-reactive ketones (excluding diaryl/α,β-unsaturated/α-hetero) is 1. The SMILES string of the molecule is CC(=O)c1cn(CCOc2cccc3ccccc23)c2ccccc12. The summed E-state index contributed by atoms with van der Waals surface area (Å²) in [5.74, 6) is 0.978. The van der Waals surface area contributed by atoms with Crippen LogP contribution in [0.4, 0.5) is 0 Å². The van der Waals surface area contributed by atoms with E-state index in [1.807, 2.05) is 54.7 Å². The molecule has 1 aromatic heterocycles. The smallest absolute Gasteiger partial charge is 0.161 e. The van der Waals surface area contributed by atoms with Crippen LogP contribution in [0.1, 0.15) is 17.3 Å². The molecule has 0 aliphatic rings. The van der Waals surface area contributed by atoms with Crippen LogP contribution in [0.15, 0.2) is 72.9 Å². The van der Waals surface area contributed by atoms with Gasteiger partial charge in [0.15, 0.2) is 5.78 Å². The van der Waals surface area contributed by atoms with Gasteiger partial charge in [-0.15, -0.1) is 0 Å². The third-order valence-corrected chi connectivity index (χ3v) is 4.51. The van der Waals surface area contributed by atoms with Gasteiger partial charge in [-0.05, 0) is 24.4 Å². The number of hydrogen-bond donors (Lipinski definition) is 0. The molecule has 124 valence electrons. The standard InChI is InChI=1S/C22H19NO2/c1-16(24)20-15-23(21-11-5-4-10-19(20)21)13-14-25-22-12-6-8-17-7-2-3-9-18(17)22/h2-12,15H,13-14H2,1H3. The van der Waals surface area contributed by atoms with Gasteiger partial charge in [0.25, 0.3) is 0 Å². The molecular formula is C22H19NO2. The van der Waals surface area contributed by atoms with Crippen LogP contribution in [0.3, 0.4) is 0 Å². The van der Waals surface area contributed by atoms with Crippen LogP contribution in [-0.2, 0) is 6.54 Å². The molecule has 0 fully saturated rings. The van der Waals surface area contributed by atoms with Crippen molar-refractivity contribution in [2.75, 3.05) is 6.61 Å². The lowest BCUT2D eigenvalue weighted by molar-refractivity contribution is 0.101. The molecule has 0 radical (unpaired) electrons. The predicted molar refractivity (Wildman–Crippen MR) is 101 cm³/mol. The minimum Gasteiger partial charge on any atom is -0.491 e. The average Bonchev–Trinajstić information content (AvgIpc) is 3.01. The summed E-state index contributed by atoms with van der Waals surface area (Å²) in [5, 5.41) is 3.29. The van der Waals surface area contributed by atoms with Gasteiger partial charge in [0.1, 0.15) is 12.4 Å². The first kappa shape index (κ1) is 15.5. The normalized spacial score (nSPS) is 11.1. The van der Waals surface area contributed by atoms with Crippen molar-refractivity contribution >= 4 is 27.5 Å². The van der Waals surface area contributed by atoms with Crippen LogP contribution in [0.2, 0.25) is 0 Å². The minimum absolute atomic E-state index is 0.0879. The summed E-state index contributed by atoms with van der Waals surface area (Å²) in [6.07, 6.45) is 1.93. The Hall–Kier alpha value is -3.07. The van der Waals surface area contributed by atoms with Gasteiger partial charge >= 0.3 is 0 Å². The van der Waals surface area contributed by atoms with Crippen molar-refractivity contribution in [3.8, 4) is 5.75 Å². The van der Waals surface area contributed by atoms with Gasteiger partial charge in [0, 0.05) is 28.0 Å². The third-order valence-electron chi connectivity index (χ3n) is 4.51. The monoisotopic (exact) mass is 329 g/mol. The molecule has 0 N–H and O–H groups in total. The minimum atomic E-state index is 0.0879. The molecule has 0 saturated heterocycles. The zero-order valence-corrected chi connectivity index (χ0v) is 14.1. The molecule has 0 unspecified atom stereocenters. The fourth-order valence-electron chi connectivity index (χ4n) is 3.29. The van der Waals surface area contributed by atoms with Crippen molar-refractivity contribution in [2.45, 2.75) is 13.5 Å². The largest absolute Gasteiger partial charge is 0.491 e. The Morgan fingerprint density at radius 3 is 2.48 bits per heavy atom. The van der Waals surface area contributed by atoms with Crippen LogP contribution in [0.5, 0.6) is 5.75 Å². The van der Waals surface area contributed by atoms with E-state index in [9.17, 15) is 4.79 Å². The molecule has 3 nitrogen and oxygen atoms in total. The van der Waals surface area contributed by atoms with Gasteiger partial charge in [0.05, 0.1) is 6.54 Å². The number of carbonyl (C=O) groups excluding carboxylic acids is 1. The zero-order valence-electron chi connectivity index (χ0n) is 14.1. The first-order valence-electron chi connectivity index (χ1n) is 8.43. The van der Waals surface area contributed by atoms with E-state index in [0.717, 1.165) is 27.6 Å². The third kappa shape index (κ3) is 2.89. The summed E-state index contributed by atoms with van der Waals surface area (Å²) in [6.45, 7) is 2.85. The Kier molecular flexibility index (Phi) is 3.98. The molecule has 4 rings (SSSR count). The van der Waals surface area contributed by atoms with Crippen LogP contribution >= 0.6 is 0 Å². The topological polar surface area (TPSA) is 31.2 Å². The van der Waals surface area contributed by atoms with Gasteiger partial charge in [-0.2, -0.15) is 0 Å². The lowest BCUT2D eigenvalue weighted by Gasteiger charge is -2.10. The van der Waals surface area contributed by atoms with E-state index in [1.54, 1.807) is 6.92 Å². The molecule has 0 bridgehead atoms. The average molecular weight is 329 g/mol. The highest BCUT2D eigenvalue weighted by atomic mass is 16.5. The summed E-state index contributed by atoms with van der Waals surface area (Å²) in [5.41, 5.74) is 1.83. The molecule has 25 heavy (non-hydrogen) atoms. The second-order valence-corrected chi connectivity index (χ2v) is 6.14. The molecule has 3 heteroatoms. The number of hydrogen-bond acceptors (Lipinski definition) is 2. The number of rotatable bonds is 5. The Labute approximate surface area is 146 Å². The molecule has 0 aliphatic heterocycles. The molecule has 0 atom stereocenters. The Morgan fingerprint density at radius 1 is 0.920 bits per heavy atom. The van der Waals surface area contributed by atoms with Crippen molar-refractivity contribution in [1.82, 2.24) is 4.57 Å². The summed E-state index contributed by atoms with van der Waals surface area (Å²) < 4.78 is 8.13. The molecule has 0 saturated carbocycles. The lowest BCUT2D eigenvalue weighted by Crippen LogP contribution is -2.07. The Balaban J connectivity index is 1.58. The maximum atomic E-state index is 11.9. The second kappa shape index (κ2) is 6.44. The second-order valence-electron chi connectivity index (χ2n) is 6.14. The quantitative estimate of drug-likeness (QED) is 0.478. The predicted octanol–water partition coefficient (Wildman–Crippen LogP) is 5.08. The molecular weight excluding hydrogens is 310 g/mol. The highest BCUT2D eigenvalue weighted by Crippen LogP contribution is 2.26. The van der Waals surface area contributed by atoms with E-state index < -0.39 is 0 Å². The molecule has 0 amide bonds. The zero-order chi connectivity index (χ0) is 17.2. The molecule has 0 spiro atoms. The summed E-state index contributed by atoms with van der Waals surface area (Å²) >= 11 is 0. The first-order valence-corrected chi connectivity index (χ1v) is 8.43. The number of ketones is 1. The van der Waals surface area contributed by atoms with Gasteiger partial charge in [0.2, 0.25) is 0 Å². The molecule has 3 aromatic carbocycles. The van der Waals surface area contributed by atoms with Crippen molar-refractivity contribution < 1.29 is 9.53 Å². The van der Waals surface area contributed by atoms with Crippen LogP contribution in [-0.4, -0.2) is 17.0 Å². The van der Waals surface area contributed by atoms with Gasteiger partial charge in [-0.1, -0.05) is 54.6 Å². The first-order chi connectivity index (χ1) is 12.2. The Bertz CT molecular complexity index is 1060. The highest BCUT2D eigenvalue weighted by Gasteiger charge is 2.11. The summed E-state index contributed by atoms with van der Waals surface area (Å²) in [6, 6.07) is 22.3. The van der Waals surface area contributed by atoms with Crippen molar-refractivity contribution in [3.63, 3.8) is 0 Å². The maximum Gasteiger partial charge on any atom is 0.161 e. The van der Waals surface area contributed by atoms with Crippen LogP contribution in [0, 0.1) is 0 Å². The number of fused-ring (bicyclic) bond motifs is 2. The maximum absolute atomic E-state index is 11.9. The molecule has 1 heterocycles. The van der Waals surface area contributed by atoms with E-state index in [2.05, 4.69) is 22.8 Å². The Morgan fingerprint density at radius 2 is 1.64 bits per heavy atom. The number of ether oxygens (including phenoxy) is 1.